The number of nitrogens with zero attached hydrogens (tertiary/aromatic N) is 5. The van der Waals surface area contributed by atoms with Gasteiger partial charge in [-0.1, -0.05) is 24.3 Å². The van der Waals surface area contributed by atoms with E-state index in [4.69, 9.17) is 19.4 Å². The molecular formula is C27H29N5O5S2. The number of thiophene rings is 1. The van der Waals surface area contributed by atoms with Crippen molar-refractivity contribution in [3.8, 4) is 17.1 Å². The summed E-state index contributed by atoms with van der Waals surface area (Å²) in [6, 6.07) is 9.85. The van der Waals surface area contributed by atoms with Crippen LogP contribution in [0.15, 0.2) is 41.9 Å². The lowest BCUT2D eigenvalue weighted by Crippen LogP contribution is -2.37. The van der Waals surface area contributed by atoms with Crippen LogP contribution in [0.5, 0.6) is 5.88 Å². The summed E-state index contributed by atoms with van der Waals surface area (Å²) in [5.74, 6) is -0.0909. The number of benzene rings is 1. The summed E-state index contributed by atoms with van der Waals surface area (Å²) in [7, 11) is -2.56. The molecule has 5 rings (SSSR count). The normalized spacial score (nSPS) is 14.0. The number of hydrogen-bond donors (Lipinski definition) is 0. The van der Waals surface area contributed by atoms with E-state index in [1.54, 1.807) is 12.3 Å². The molecule has 10 nitrogen and oxygen atoms in total. The number of amides is 1. The molecule has 4 heterocycles. The SMILES string of the molecule is COc1ncc(-c2nc(N3CCOCC3)nc3c(Cc4ccccc4C)csc23)cc1N(C(C)=O)S(C)(=O)=O. The predicted octanol–water partition coefficient (Wildman–Crippen LogP) is 3.81. The molecule has 0 radical (unpaired) electrons. The molecule has 0 bridgehead atoms. The Morgan fingerprint density at radius 1 is 1.18 bits per heavy atom. The van der Waals surface area contributed by atoms with Gasteiger partial charge in [0.15, 0.2) is 0 Å². The maximum Gasteiger partial charge on any atom is 0.238 e. The lowest BCUT2D eigenvalue weighted by atomic mass is 10.0. The third-order valence-corrected chi connectivity index (χ3v) is 8.69. The van der Waals surface area contributed by atoms with Gasteiger partial charge in [0.2, 0.25) is 27.8 Å². The van der Waals surface area contributed by atoms with Gasteiger partial charge in [-0.05, 0) is 35.1 Å². The number of fused-ring (bicyclic) bond motifs is 1. The number of aryl methyl sites for hydroxylation is 1. The molecule has 1 saturated heterocycles. The van der Waals surface area contributed by atoms with Gasteiger partial charge in [0, 0.05) is 38.2 Å². The molecular weight excluding hydrogens is 538 g/mol. The van der Waals surface area contributed by atoms with Gasteiger partial charge in [0.1, 0.15) is 5.69 Å². The van der Waals surface area contributed by atoms with Gasteiger partial charge >= 0.3 is 0 Å². The number of carbonyl (C=O) groups excluding carboxylic acids is 1. The molecule has 0 aliphatic carbocycles. The van der Waals surface area contributed by atoms with Crippen molar-refractivity contribution in [2.24, 2.45) is 0 Å². The minimum atomic E-state index is -3.94. The van der Waals surface area contributed by atoms with Crippen LogP contribution in [0.2, 0.25) is 0 Å². The number of aromatic nitrogens is 3. The number of morpholine rings is 1. The summed E-state index contributed by atoms with van der Waals surface area (Å²) in [6.45, 7) is 5.74. The molecule has 0 unspecified atom stereocenters. The highest BCUT2D eigenvalue weighted by atomic mass is 32.2. The Bertz CT molecular complexity index is 1650. The van der Waals surface area contributed by atoms with Crippen LogP contribution in [-0.4, -0.2) is 68.9 Å². The molecule has 0 saturated carbocycles. The number of hydrogen-bond acceptors (Lipinski definition) is 10. The number of anilines is 2. The van der Waals surface area contributed by atoms with Crippen molar-refractivity contribution < 1.29 is 22.7 Å². The lowest BCUT2D eigenvalue weighted by Gasteiger charge is -2.27. The van der Waals surface area contributed by atoms with Crippen molar-refractivity contribution in [2.45, 2.75) is 20.3 Å². The van der Waals surface area contributed by atoms with Crippen LogP contribution in [0.25, 0.3) is 21.5 Å². The second-order valence-corrected chi connectivity index (χ2v) is 12.0. The Hall–Kier alpha value is -3.61. The first-order chi connectivity index (χ1) is 18.7. The number of rotatable bonds is 7. The highest BCUT2D eigenvalue weighted by molar-refractivity contribution is 7.92. The predicted molar refractivity (Wildman–Crippen MR) is 152 cm³/mol. The summed E-state index contributed by atoms with van der Waals surface area (Å²) in [5, 5.41) is 2.09. The first-order valence-corrected chi connectivity index (χ1v) is 15.1. The van der Waals surface area contributed by atoms with Crippen molar-refractivity contribution in [3.05, 3.63) is 58.6 Å². The van der Waals surface area contributed by atoms with E-state index in [2.05, 4.69) is 34.3 Å². The zero-order valence-corrected chi connectivity index (χ0v) is 23.8. The number of carbonyl (C=O) groups is 1. The van der Waals surface area contributed by atoms with Gasteiger partial charge in [-0.3, -0.25) is 4.79 Å². The van der Waals surface area contributed by atoms with Crippen LogP contribution in [0.3, 0.4) is 0 Å². The second kappa shape index (κ2) is 10.9. The maximum absolute atomic E-state index is 12.5. The zero-order chi connectivity index (χ0) is 27.7. The average molecular weight is 568 g/mol. The van der Waals surface area contributed by atoms with Crippen molar-refractivity contribution in [2.75, 3.05) is 48.9 Å². The first kappa shape index (κ1) is 27.0. The topological polar surface area (TPSA) is 115 Å². The number of sulfonamides is 1. The summed E-state index contributed by atoms with van der Waals surface area (Å²) >= 11 is 1.53. The van der Waals surface area contributed by atoms with E-state index in [0.717, 1.165) is 22.0 Å². The zero-order valence-electron chi connectivity index (χ0n) is 22.2. The van der Waals surface area contributed by atoms with Gasteiger partial charge in [0.05, 0.1) is 42.5 Å². The summed E-state index contributed by atoms with van der Waals surface area (Å²) in [5.41, 5.74) is 5.51. The van der Waals surface area contributed by atoms with E-state index in [9.17, 15) is 13.2 Å². The largest absolute Gasteiger partial charge is 0.479 e. The van der Waals surface area contributed by atoms with Gasteiger partial charge in [-0.15, -0.1) is 11.3 Å². The minimum absolute atomic E-state index is 0.0181. The van der Waals surface area contributed by atoms with Crippen LogP contribution < -0.4 is 13.9 Å². The third kappa shape index (κ3) is 5.45. The molecule has 1 aliphatic rings. The molecule has 3 aromatic heterocycles. The van der Waals surface area contributed by atoms with Crippen molar-refractivity contribution in [3.63, 3.8) is 0 Å². The molecule has 1 amide bonds. The highest BCUT2D eigenvalue weighted by Crippen LogP contribution is 2.39. The smallest absolute Gasteiger partial charge is 0.238 e. The molecule has 204 valence electrons. The van der Waals surface area contributed by atoms with Crippen LogP contribution >= 0.6 is 11.3 Å². The van der Waals surface area contributed by atoms with Gasteiger partial charge in [-0.2, -0.15) is 0 Å². The minimum Gasteiger partial charge on any atom is -0.479 e. The summed E-state index contributed by atoms with van der Waals surface area (Å²) in [4.78, 5) is 28.8. The molecule has 39 heavy (non-hydrogen) atoms. The van der Waals surface area contributed by atoms with Crippen LogP contribution in [0.4, 0.5) is 11.6 Å². The van der Waals surface area contributed by atoms with E-state index < -0.39 is 15.9 Å². The van der Waals surface area contributed by atoms with Crippen molar-refractivity contribution in [1.29, 1.82) is 0 Å². The molecule has 0 spiro atoms. The van der Waals surface area contributed by atoms with Gasteiger partial charge < -0.3 is 14.4 Å². The number of methoxy groups -OCH3 is 1. The summed E-state index contributed by atoms with van der Waals surface area (Å²) in [6.07, 6.45) is 3.26. The molecule has 1 aromatic carbocycles. The maximum atomic E-state index is 12.5. The Kier molecular flexibility index (Phi) is 7.52. The molecule has 1 fully saturated rings. The van der Waals surface area contributed by atoms with Gasteiger partial charge in [-0.25, -0.2) is 27.7 Å². The Labute approximate surface area is 231 Å². The van der Waals surface area contributed by atoms with Crippen LogP contribution in [-0.2, 0) is 26.0 Å². The highest BCUT2D eigenvalue weighted by Gasteiger charge is 2.28. The van der Waals surface area contributed by atoms with E-state index in [1.165, 1.54) is 36.5 Å². The summed E-state index contributed by atoms with van der Waals surface area (Å²) < 4.78 is 37.5. The molecule has 4 aromatic rings. The standard InChI is InChI=1S/C27H29N5O5S2/c1-17-7-5-6-8-19(17)13-21-16-38-25-23(29-27(30-24(21)25)31-9-11-37-12-10-31)20-14-22(26(36-3)28-15-20)32(18(2)33)39(4,34)35/h5-8,14-16H,9-13H2,1-4H3. The molecule has 1 aliphatic heterocycles. The average Bonchev–Trinajstić information content (AvgIpc) is 3.31. The van der Waals surface area contributed by atoms with Crippen LogP contribution in [0.1, 0.15) is 23.6 Å². The van der Waals surface area contributed by atoms with E-state index in [0.29, 0.717) is 54.2 Å². The van der Waals surface area contributed by atoms with E-state index in [1.807, 2.05) is 12.1 Å². The number of pyridine rings is 1. The van der Waals surface area contributed by atoms with E-state index in [-0.39, 0.29) is 11.6 Å². The fourth-order valence-electron chi connectivity index (χ4n) is 4.65. The van der Waals surface area contributed by atoms with Gasteiger partial charge in [0.25, 0.3) is 0 Å². The fraction of sp³-hybridized carbons (Fsp3) is 0.333. The first-order valence-electron chi connectivity index (χ1n) is 12.4. The Morgan fingerprint density at radius 2 is 1.92 bits per heavy atom. The molecule has 0 atom stereocenters. The Morgan fingerprint density at radius 3 is 2.59 bits per heavy atom. The van der Waals surface area contributed by atoms with E-state index >= 15 is 0 Å². The van der Waals surface area contributed by atoms with Crippen molar-refractivity contribution >= 4 is 49.1 Å². The van der Waals surface area contributed by atoms with Crippen molar-refractivity contribution in [1.82, 2.24) is 15.0 Å². The Balaban J connectivity index is 1.71. The fourth-order valence-corrected chi connectivity index (χ4v) is 6.62. The molecule has 12 heteroatoms. The monoisotopic (exact) mass is 567 g/mol. The number of ether oxygens (including phenoxy) is 2. The lowest BCUT2D eigenvalue weighted by molar-refractivity contribution is -0.115. The third-order valence-electron chi connectivity index (χ3n) is 6.55. The van der Waals surface area contributed by atoms with Crippen LogP contribution in [0, 0.1) is 6.92 Å². The quantitative estimate of drug-likeness (QED) is 0.329. The second-order valence-electron chi connectivity index (χ2n) is 9.31. The molecule has 0 N–H and O–H groups in total.